The molecule has 0 radical (unpaired) electrons. The highest BCUT2D eigenvalue weighted by atomic mass is 16.2. The van der Waals surface area contributed by atoms with Crippen molar-refractivity contribution in [3.63, 3.8) is 0 Å². The summed E-state index contributed by atoms with van der Waals surface area (Å²) in [6, 6.07) is 11.2. The van der Waals surface area contributed by atoms with E-state index in [0.717, 1.165) is 48.6 Å². The fraction of sp³-hybridized carbons (Fsp3) is 0.381. The maximum atomic E-state index is 12.7. The van der Waals surface area contributed by atoms with Crippen LogP contribution in [0.2, 0.25) is 0 Å². The Morgan fingerprint density at radius 1 is 1.15 bits per heavy atom. The molecule has 142 valence electrons. The van der Waals surface area contributed by atoms with Crippen LogP contribution < -0.4 is 15.5 Å². The van der Waals surface area contributed by atoms with Crippen LogP contribution in [0.5, 0.6) is 0 Å². The Morgan fingerprint density at radius 3 is 2.52 bits per heavy atom. The van der Waals surface area contributed by atoms with Gasteiger partial charge < -0.3 is 15.5 Å². The molecular formula is C21H26N4O2. The average Bonchev–Trinajstić information content (AvgIpc) is 3.16. The number of hydrogen-bond donors (Lipinski definition) is 2. The summed E-state index contributed by atoms with van der Waals surface area (Å²) in [7, 11) is 0. The van der Waals surface area contributed by atoms with Crippen molar-refractivity contribution in [2.45, 2.75) is 39.2 Å². The number of carbonyl (C=O) groups is 2. The van der Waals surface area contributed by atoms with Gasteiger partial charge in [-0.15, -0.1) is 0 Å². The van der Waals surface area contributed by atoms with E-state index in [1.165, 1.54) is 6.92 Å². The number of benzene rings is 1. The molecule has 6 heteroatoms. The molecule has 0 spiro atoms. The van der Waals surface area contributed by atoms with Crippen LogP contribution in [0.3, 0.4) is 0 Å². The van der Waals surface area contributed by atoms with Gasteiger partial charge in [-0.25, -0.2) is 4.98 Å². The van der Waals surface area contributed by atoms with Gasteiger partial charge in [-0.3, -0.25) is 9.59 Å². The Bertz CT molecular complexity index is 798. The van der Waals surface area contributed by atoms with Crippen LogP contribution in [-0.2, 0) is 9.59 Å². The van der Waals surface area contributed by atoms with Gasteiger partial charge >= 0.3 is 0 Å². The monoisotopic (exact) mass is 366 g/mol. The molecule has 6 nitrogen and oxygen atoms in total. The molecule has 0 bridgehead atoms. The maximum absolute atomic E-state index is 12.7. The van der Waals surface area contributed by atoms with E-state index in [-0.39, 0.29) is 24.3 Å². The molecule has 27 heavy (non-hydrogen) atoms. The number of rotatable bonds is 6. The number of pyridine rings is 1. The van der Waals surface area contributed by atoms with Crippen LogP contribution in [0.1, 0.15) is 43.4 Å². The van der Waals surface area contributed by atoms with Gasteiger partial charge in [0.2, 0.25) is 11.8 Å². The predicted octanol–water partition coefficient (Wildman–Crippen LogP) is 3.20. The van der Waals surface area contributed by atoms with Crippen LogP contribution in [0.4, 0.5) is 11.5 Å². The number of nitrogens with one attached hydrogen (secondary N) is 2. The van der Waals surface area contributed by atoms with Gasteiger partial charge in [0, 0.05) is 26.2 Å². The van der Waals surface area contributed by atoms with Gasteiger partial charge in [0.15, 0.2) is 5.82 Å². The molecule has 1 aliphatic heterocycles. The van der Waals surface area contributed by atoms with Crippen molar-refractivity contribution in [1.82, 2.24) is 10.3 Å². The second kappa shape index (κ2) is 8.66. The zero-order valence-electron chi connectivity index (χ0n) is 15.9. The van der Waals surface area contributed by atoms with E-state index in [9.17, 15) is 9.59 Å². The van der Waals surface area contributed by atoms with E-state index in [1.807, 2.05) is 43.3 Å². The normalized spacial score (nSPS) is 14.7. The van der Waals surface area contributed by atoms with Gasteiger partial charge in [0.05, 0.1) is 18.2 Å². The first kappa shape index (κ1) is 18.9. The smallest absolute Gasteiger partial charge is 0.226 e. The van der Waals surface area contributed by atoms with E-state index in [1.54, 1.807) is 6.20 Å². The molecule has 1 fully saturated rings. The summed E-state index contributed by atoms with van der Waals surface area (Å²) in [5, 5.41) is 5.85. The molecule has 1 aromatic carbocycles. The Morgan fingerprint density at radius 2 is 1.85 bits per heavy atom. The van der Waals surface area contributed by atoms with Crippen molar-refractivity contribution in [3.05, 3.63) is 53.7 Å². The van der Waals surface area contributed by atoms with Crippen molar-refractivity contribution in [2.24, 2.45) is 0 Å². The fourth-order valence-electron chi connectivity index (χ4n) is 3.36. The van der Waals surface area contributed by atoms with Crippen molar-refractivity contribution in [2.75, 3.05) is 23.3 Å². The van der Waals surface area contributed by atoms with Crippen molar-refractivity contribution in [3.8, 4) is 0 Å². The summed E-state index contributed by atoms with van der Waals surface area (Å²) in [6.45, 7) is 5.38. The van der Waals surface area contributed by atoms with Crippen LogP contribution in [0.15, 0.2) is 42.6 Å². The number of amides is 2. The Balaban J connectivity index is 1.73. The number of carbonyl (C=O) groups excluding carboxylic acids is 2. The minimum absolute atomic E-state index is 0.150. The predicted molar refractivity (Wildman–Crippen MR) is 107 cm³/mol. The maximum Gasteiger partial charge on any atom is 0.226 e. The van der Waals surface area contributed by atoms with Gasteiger partial charge in [-0.1, -0.05) is 29.8 Å². The Hall–Kier alpha value is -2.89. The van der Waals surface area contributed by atoms with Gasteiger partial charge in [0.25, 0.3) is 0 Å². The van der Waals surface area contributed by atoms with E-state index < -0.39 is 0 Å². The third kappa shape index (κ3) is 5.06. The van der Waals surface area contributed by atoms with Gasteiger partial charge in [-0.05, 0) is 37.5 Å². The third-order valence-electron chi connectivity index (χ3n) is 4.71. The number of anilines is 2. The Kier molecular flexibility index (Phi) is 6.06. The van der Waals surface area contributed by atoms with E-state index in [2.05, 4.69) is 20.5 Å². The molecule has 0 saturated carbocycles. The molecule has 1 saturated heterocycles. The quantitative estimate of drug-likeness (QED) is 0.823. The summed E-state index contributed by atoms with van der Waals surface area (Å²) in [4.78, 5) is 31.0. The number of aromatic nitrogens is 1. The molecule has 0 unspecified atom stereocenters. The van der Waals surface area contributed by atoms with Crippen molar-refractivity contribution in [1.29, 1.82) is 0 Å². The standard InChI is InChI=1S/C21H26N4O2/c1-15-7-9-17(10-8-15)19(23-16(2)26)14-20(27)24-18-6-5-11-22-21(18)25-12-3-4-13-25/h5-11,19H,3-4,12-14H2,1-2H3,(H,23,26)(H,24,27)/t19-/m0/s1. The Labute approximate surface area is 160 Å². The topological polar surface area (TPSA) is 74.3 Å². The minimum atomic E-state index is -0.366. The first-order valence-corrected chi connectivity index (χ1v) is 9.36. The molecule has 1 atom stereocenters. The molecule has 1 aromatic heterocycles. The summed E-state index contributed by atoms with van der Waals surface area (Å²) >= 11 is 0. The summed E-state index contributed by atoms with van der Waals surface area (Å²) in [5.74, 6) is 0.505. The molecule has 2 aromatic rings. The molecule has 3 rings (SSSR count). The fourth-order valence-corrected chi connectivity index (χ4v) is 3.36. The van der Waals surface area contributed by atoms with E-state index >= 15 is 0 Å². The van der Waals surface area contributed by atoms with Gasteiger partial charge in [-0.2, -0.15) is 0 Å². The number of nitrogens with zero attached hydrogens (tertiary/aromatic N) is 2. The second-order valence-electron chi connectivity index (χ2n) is 6.98. The van der Waals surface area contributed by atoms with E-state index in [4.69, 9.17) is 0 Å². The van der Waals surface area contributed by atoms with Crippen LogP contribution >= 0.6 is 0 Å². The zero-order valence-corrected chi connectivity index (χ0v) is 15.9. The lowest BCUT2D eigenvalue weighted by molar-refractivity contribution is -0.120. The summed E-state index contributed by atoms with van der Waals surface area (Å²) in [6.07, 6.45) is 4.19. The molecule has 2 N–H and O–H groups in total. The molecule has 1 aliphatic rings. The zero-order chi connectivity index (χ0) is 19.2. The average molecular weight is 366 g/mol. The molecule has 2 amide bonds. The number of hydrogen-bond acceptors (Lipinski definition) is 4. The minimum Gasteiger partial charge on any atom is -0.355 e. The first-order chi connectivity index (χ1) is 13.0. The summed E-state index contributed by atoms with van der Waals surface area (Å²) < 4.78 is 0. The summed E-state index contributed by atoms with van der Waals surface area (Å²) in [5.41, 5.74) is 2.77. The van der Waals surface area contributed by atoms with Crippen molar-refractivity contribution >= 4 is 23.3 Å². The third-order valence-corrected chi connectivity index (χ3v) is 4.71. The SMILES string of the molecule is CC(=O)N[C@@H](CC(=O)Nc1cccnc1N1CCCC1)c1ccc(C)cc1. The van der Waals surface area contributed by atoms with Crippen molar-refractivity contribution < 1.29 is 9.59 Å². The van der Waals surface area contributed by atoms with Crippen LogP contribution in [-0.4, -0.2) is 29.9 Å². The van der Waals surface area contributed by atoms with E-state index in [0.29, 0.717) is 0 Å². The van der Waals surface area contributed by atoms with Crippen LogP contribution in [0.25, 0.3) is 0 Å². The molecule has 2 heterocycles. The molecular weight excluding hydrogens is 340 g/mol. The lowest BCUT2D eigenvalue weighted by Gasteiger charge is -2.21. The highest BCUT2D eigenvalue weighted by Crippen LogP contribution is 2.27. The largest absolute Gasteiger partial charge is 0.355 e. The highest BCUT2D eigenvalue weighted by molar-refractivity contribution is 5.94. The second-order valence-corrected chi connectivity index (χ2v) is 6.98. The number of aryl methyl sites for hydroxylation is 1. The lowest BCUT2D eigenvalue weighted by Crippen LogP contribution is -2.30. The van der Waals surface area contributed by atoms with Gasteiger partial charge in [0.1, 0.15) is 0 Å². The lowest BCUT2D eigenvalue weighted by atomic mass is 10.0. The first-order valence-electron chi connectivity index (χ1n) is 9.36. The molecule has 0 aliphatic carbocycles. The van der Waals surface area contributed by atoms with Crippen LogP contribution in [0, 0.1) is 6.92 Å². The highest BCUT2D eigenvalue weighted by Gasteiger charge is 2.21.